The van der Waals surface area contributed by atoms with Crippen LogP contribution < -0.4 is 0 Å². The predicted octanol–water partition coefficient (Wildman–Crippen LogP) is 12.0. The monoisotopic (exact) mass is 671 g/mol. The van der Waals surface area contributed by atoms with Crippen LogP contribution in [0.5, 0.6) is 0 Å². The van der Waals surface area contributed by atoms with Gasteiger partial charge < -0.3 is 0 Å². The second-order valence-corrected chi connectivity index (χ2v) is 33.6. The maximum atomic E-state index is 2.71. The van der Waals surface area contributed by atoms with E-state index in [0.29, 0.717) is 7.25 Å². The standard InChI is InChI=1S/2C20H21.C2H7Si.Zr/c2*1-4-7-16-12-17-9-6-11-19(20(17)13-16)18-10-5-8-14(2)15(18)3;1-3-2;/h2*5-6,8-13H,4,7H2,1-3H3;3H,1-2H3;. The molecule has 0 N–H and O–H groups in total. The van der Waals surface area contributed by atoms with Crippen LogP contribution in [0, 0.1) is 27.7 Å². The number of rotatable bonds is 9. The summed E-state index contributed by atoms with van der Waals surface area (Å²) in [5.74, 6) is -0.936. The Labute approximate surface area is 275 Å². The topological polar surface area (TPSA) is 0 Å². The molecule has 4 aromatic carbocycles. The van der Waals surface area contributed by atoms with Crippen molar-refractivity contribution in [2.24, 2.45) is 0 Å². The van der Waals surface area contributed by atoms with Crippen LogP contribution in [0.3, 0.4) is 0 Å². The Morgan fingerprint density at radius 2 is 0.932 bits per heavy atom. The van der Waals surface area contributed by atoms with Crippen molar-refractivity contribution in [3.05, 3.63) is 128 Å². The number of hydrogen-bond donors (Lipinski definition) is 0. The molecular formula is C42H49SiZr. The zero-order valence-electron chi connectivity index (χ0n) is 28.1. The zero-order chi connectivity index (χ0) is 31.1. The van der Waals surface area contributed by atoms with Gasteiger partial charge in [0.1, 0.15) is 0 Å². The Morgan fingerprint density at radius 3 is 1.32 bits per heavy atom. The minimum absolute atomic E-state index is 0.685. The molecule has 0 saturated heterocycles. The van der Waals surface area contributed by atoms with E-state index in [4.69, 9.17) is 0 Å². The van der Waals surface area contributed by atoms with E-state index in [1.807, 2.05) is 0 Å². The fourth-order valence-electron chi connectivity index (χ4n) is 8.12. The van der Waals surface area contributed by atoms with Gasteiger partial charge in [-0.2, -0.15) is 0 Å². The summed E-state index contributed by atoms with van der Waals surface area (Å²) in [7, 11) is 0. The minimum atomic E-state index is -2.16. The van der Waals surface area contributed by atoms with Crippen molar-refractivity contribution < 1.29 is 20.9 Å². The van der Waals surface area contributed by atoms with Gasteiger partial charge in [0, 0.05) is 0 Å². The average molecular weight is 673 g/mol. The summed E-state index contributed by atoms with van der Waals surface area (Å²) in [6.07, 6.45) is 10.2. The van der Waals surface area contributed by atoms with Crippen molar-refractivity contribution in [2.45, 2.75) is 87.6 Å². The van der Waals surface area contributed by atoms with Gasteiger partial charge >= 0.3 is 277 Å². The van der Waals surface area contributed by atoms with Crippen molar-refractivity contribution in [3.8, 4) is 22.3 Å². The summed E-state index contributed by atoms with van der Waals surface area (Å²) >= 11 is -2.16. The second-order valence-electron chi connectivity index (χ2n) is 13.6. The molecule has 0 aromatic heterocycles. The molecule has 0 radical (unpaired) electrons. The van der Waals surface area contributed by atoms with E-state index in [0.717, 1.165) is 0 Å². The summed E-state index contributed by atoms with van der Waals surface area (Å²) in [4.78, 5) is 0. The Morgan fingerprint density at radius 1 is 0.545 bits per heavy atom. The fourth-order valence-corrected chi connectivity index (χ4v) is 31.0. The Bertz CT molecular complexity index is 1640. The third-order valence-electron chi connectivity index (χ3n) is 10.5. The first-order valence-corrected chi connectivity index (χ1v) is 26.9. The van der Waals surface area contributed by atoms with E-state index in [1.54, 1.807) is 22.3 Å². The van der Waals surface area contributed by atoms with Gasteiger partial charge in [0.05, 0.1) is 0 Å². The quantitative estimate of drug-likeness (QED) is 0.155. The molecule has 0 heterocycles. The van der Waals surface area contributed by atoms with Gasteiger partial charge in [0.25, 0.3) is 0 Å². The molecule has 2 heteroatoms. The number of aryl methyl sites for hydroxylation is 2. The van der Waals surface area contributed by atoms with Crippen molar-refractivity contribution in [2.75, 3.05) is 0 Å². The van der Waals surface area contributed by atoms with Crippen molar-refractivity contribution in [1.29, 1.82) is 0 Å². The molecule has 0 aliphatic heterocycles. The van der Waals surface area contributed by atoms with Gasteiger partial charge in [-0.15, -0.1) is 0 Å². The molecule has 2 aliphatic carbocycles. The fraction of sp³-hybridized carbons (Fsp3) is 0.333. The summed E-state index contributed by atoms with van der Waals surface area (Å²) in [6.45, 7) is 19.3. The van der Waals surface area contributed by atoms with E-state index >= 15 is 0 Å². The van der Waals surface area contributed by atoms with Gasteiger partial charge in [0.15, 0.2) is 0 Å². The van der Waals surface area contributed by atoms with Crippen LogP contribution in [0.15, 0.2) is 83.9 Å². The Kier molecular flexibility index (Phi) is 9.33. The van der Waals surface area contributed by atoms with Gasteiger partial charge in [-0.1, -0.05) is 0 Å². The average Bonchev–Trinajstić information content (AvgIpc) is 3.55. The van der Waals surface area contributed by atoms with E-state index in [2.05, 4.69) is 140 Å². The molecule has 0 bridgehead atoms. The second kappa shape index (κ2) is 13.1. The van der Waals surface area contributed by atoms with Crippen LogP contribution >= 0.6 is 0 Å². The van der Waals surface area contributed by atoms with E-state index in [9.17, 15) is 0 Å². The molecule has 225 valence electrons. The van der Waals surface area contributed by atoms with Crippen molar-refractivity contribution in [1.82, 2.24) is 0 Å². The van der Waals surface area contributed by atoms with Gasteiger partial charge in [0.2, 0.25) is 0 Å². The third kappa shape index (κ3) is 5.45. The maximum absolute atomic E-state index is 2.71. The van der Waals surface area contributed by atoms with E-state index in [1.165, 1.54) is 81.3 Å². The molecule has 0 fully saturated rings. The van der Waals surface area contributed by atoms with Crippen molar-refractivity contribution in [3.63, 3.8) is 0 Å². The molecule has 44 heavy (non-hydrogen) atoms. The first-order valence-electron chi connectivity index (χ1n) is 16.9. The summed E-state index contributed by atoms with van der Waals surface area (Å²) in [5.41, 5.74) is 21.2. The van der Waals surface area contributed by atoms with Crippen LogP contribution in [-0.2, 0) is 20.9 Å². The van der Waals surface area contributed by atoms with Gasteiger partial charge in [-0.25, -0.2) is 0 Å². The molecular weight excluding hydrogens is 624 g/mol. The molecule has 2 atom stereocenters. The number of allylic oxidation sites excluding steroid dienone is 2. The summed E-state index contributed by atoms with van der Waals surface area (Å²) in [6, 6.07) is 28.3. The number of hydrogen-bond acceptors (Lipinski definition) is 0. The normalized spacial score (nSPS) is 17.0. The van der Waals surface area contributed by atoms with Crippen LogP contribution in [0.1, 0.15) is 91.3 Å². The first kappa shape index (κ1) is 31.4. The number of benzene rings is 4. The molecule has 4 aromatic rings. The van der Waals surface area contributed by atoms with E-state index in [-0.39, 0.29) is 0 Å². The van der Waals surface area contributed by atoms with Crippen LogP contribution in [0.4, 0.5) is 0 Å². The SMILES string of the molecule is CCCC1=Cc2c(-c3cccc(C)c3C)cccc2[CH]1[Zr]([CH]1C(CCC)=Cc2c(-c3cccc(C)c3C)cccc21)[SiH](C)C. The number of fused-ring (bicyclic) bond motifs is 2. The van der Waals surface area contributed by atoms with Crippen LogP contribution in [0.2, 0.25) is 13.1 Å². The molecule has 2 unspecified atom stereocenters. The summed E-state index contributed by atoms with van der Waals surface area (Å²) in [5, 5.41) is 0. The van der Waals surface area contributed by atoms with Gasteiger partial charge in [-0.05, 0) is 0 Å². The molecule has 0 amide bonds. The Hall–Kier alpha value is -2.54. The Balaban J connectivity index is 1.53. The molecule has 0 saturated carbocycles. The van der Waals surface area contributed by atoms with Crippen LogP contribution in [-0.4, -0.2) is 5.92 Å². The molecule has 0 nitrogen and oxygen atoms in total. The van der Waals surface area contributed by atoms with Gasteiger partial charge in [-0.3, -0.25) is 0 Å². The predicted molar refractivity (Wildman–Crippen MR) is 193 cm³/mol. The molecule has 2 aliphatic rings. The van der Waals surface area contributed by atoms with E-state index < -0.39 is 26.8 Å². The van der Waals surface area contributed by atoms with Crippen molar-refractivity contribution >= 4 is 18.1 Å². The molecule has 6 rings (SSSR count). The molecule has 0 spiro atoms. The van der Waals surface area contributed by atoms with Crippen LogP contribution in [0.25, 0.3) is 34.4 Å². The third-order valence-corrected chi connectivity index (χ3v) is 32.2. The zero-order valence-corrected chi connectivity index (χ0v) is 31.8. The summed E-state index contributed by atoms with van der Waals surface area (Å²) < 4.78 is 1.37. The first-order chi connectivity index (χ1) is 21.3.